The smallest absolute Gasteiger partial charge is 0.252 e. The number of likely N-dealkylation sites (tertiary alicyclic amines) is 1. The van der Waals surface area contributed by atoms with Crippen LogP contribution in [0.25, 0.3) is 0 Å². The summed E-state index contributed by atoms with van der Waals surface area (Å²) in [5.74, 6) is 1.25. The van der Waals surface area contributed by atoms with Crippen molar-refractivity contribution in [3.63, 3.8) is 0 Å². The van der Waals surface area contributed by atoms with Gasteiger partial charge in [0.25, 0.3) is 5.89 Å². The SMILES string of the molecule is COCc1nc(CN2CCCC2c2nccs2)no1. The Balaban J connectivity index is 1.67. The molecule has 0 aromatic carbocycles. The molecule has 3 heterocycles. The van der Waals surface area contributed by atoms with Crippen molar-refractivity contribution >= 4 is 11.3 Å². The maximum Gasteiger partial charge on any atom is 0.252 e. The van der Waals surface area contributed by atoms with Gasteiger partial charge in [-0.3, -0.25) is 4.90 Å². The fraction of sp³-hybridized carbons (Fsp3) is 0.583. The largest absolute Gasteiger partial charge is 0.375 e. The van der Waals surface area contributed by atoms with E-state index in [1.807, 2.05) is 11.6 Å². The lowest BCUT2D eigenvalue weighted by Gasteiger charge is -2.20. The molecule has 19 heavy (non-hydrogen) atoms. The van der Waals surface area contributed by atoms with Crippen LogP contribution in [0.15, 0.2) is 16.1 Å². The maximum absolute atomic E-state index is 5.12. The summed E-state index contributed by atoms with van der Waals surface area (Å²) in [6, 6.07) is 0.393. The Kier molecular flexibility index (Phi) is 3.86. The van der Waals surface area contributed by atoms with Gasteiger partial charge in [-0.2, -0.15) is 4.98 Å². The first-order valence-electron chi connectivity index (χ1n) is 6.30. The van der Waals surface area contributed by atoms with Crippen LogP contribution in [0, 0.1) is 0 Å². The minimum atomic E-state index is 0.364. The second kappa shape index (κ2) is 5.77. The molecule has 0 N–H and O–H groups in total. The highest BCUT2D eigenvalue weighted by molar-refractivity contribution is 7.09. The quantitative estimate of drug-likeness (QED) is 0.834. The molecule has 1 aliphatic heterocycles. The molecule has 1 aliphatic rings. The van der Waals surface area contributed by atoms with Gasteiger partial charge in [0.05, 0.1) is 12.6 Å². The van der Waals surface area contributed by atoms with Gasteiger partial charge < -0.3 is 9.26 Å². The monoisotopic (exact) mass is 280 g/mol. The van der Waals surface area contributed by atoms with Crippen LogP contribution >= 0.6 is 11.3 Å². The Hall–Kier alpha value is -1.31. The van der Waals surface area contributed by atoms with E-state index in [1.54, 1.807) is 18.4 Å². The number of hydrogen-bond donors (Lipinski definition) is 0. The highest BCUT2D eigenvalue weighted by atomic mass is 32.1. The Labute approximate surface area is 115 Å². The first-order valence-corrected chi connectivity index (χ1v) is 7.18. The molecule has 0 saturated carbocycles. The molecular formula is C12H16N4O2S. The number of thiazole rings is 1. The molecule has 0 bridgehead atoms. The van der Waals surface area contributed by atoms with Gasteiger partial charge in [-0.15, -0.1) is 11.3 Å². The molecule has 1 fully saturated rings. The Morgan fingerprint density at radius 2 is 2.53 bits per heavy atom. The molecule has 1 atom stereocenters. The molecule has 7 heteroatoms. The van der Waals surface area contributed by atoms with Gasteiger partial charge in [-0.1, -0.05) is 5.16 Å². The van der Waals surface area contributed by atoms with Crippen molar-refractivity contribution in [3.8, 4) is 0 Å². The van der Waals surface area contributed by atoms with Crippen LogP contribution in [0.3, 0.4) is 0 Å². The third-order valence-corrected chi connectivity index (χ3v) is 4.10. The molecule has 2 aromatic rings. The second-order valence-corrected chi connectivity index (χ2v) is 5.46. The standard InChI is InChI=1S/C12H16N4O2S/c1-17-8-11-14-10(15-18-11)7-16-5-2-3-9(16)12-13-4-6-19-12/h4,6,9H,2-3,5,7-8H2,1H3. The van der Waals surface area contributed by atoms with E-state index in [2.05, 4.69) is 20.0 Å². The first kappa shape index (κ1) is 12.7. The molecule has 6 nitrogen and oxygen atoms in total. The van der Waals surface area contributed by atoms with Gasteiger partial charge in [-0.25, -0.2) is 4.98 Å². The van der Waals surface area contributed by atoms with Gasteiger partial charge in [0.2, 0.25) is 0 Å². The summed E-state index contributed by atoms with van der Waals surface area (Å²) < 4.78 is 10.1. The minimum Gasteiger partial charge on any atom is -0.375 e. The summed E-state index contributed by atoms with van der Waals surface area (Å²) >= 11 is 1.71. The summed E-state index contributed by atoms with van der Waals surface area (Å²) in [5, 5.41) is 7.19. The predicted octanol–water partition coefficient (Wildman–Crippen LogP) is 2.01. The van der Waals surface area contributed by atoms with Crippen molar-refractivity contribution in [3.05, 3.63) is 28.3 Å². The minimum absolute atomic E-state index is 0.364. The fourth-order valence-electron chi connectivity index (χ4n) is 2.41. The average Bonchev–Trinajstić information content (AvgIpc) is 3.11. The van der Waals surface area contributed by atoms with E-state index >= 15 is 0 Å². The fourth-order valence-corrected chi connectivity index (χ4v) is 3.22. The topological polar surface area (TPSA) is 64.3 Å². The number of nitrogens with zero attached hydrogens (tertiary/aromatic N) is 4. The first-order chi connectivity index (χ1) is 9.36. The number of hydrogen-bond acceptors (Lipinski definition) is 7. The van der Waals surface area contributed by atoms with Crippen molar-refractivity contribution < 1.29 is 9.26 Å². The molecule has 102 valence electrons. The molecule has 0 amide bonds. The maximum atomic E-state index is 5.12. The van der Waals surface area contributed by atoms with E-state index in [0.717, 1.165) is 18.8 Å². The van der Waals surface area contributed by atoms with Crippen molar-refractivity contribution in [1.82, 2.24) is 20.0 Å². The third-order valence-electron chi connectivity index (χ3n) is 3.22. The number of ether oxygens (including phenoxy) is 1. The molecule has 0 radical (unpaired) electrons. The predicted molar refractivity (Wildman–Crippen MR) is 69.5 cm³/mol. The van der Waals surface area contributed by atoms with Crippen LogP contribution in [0.1, 0.15) is 35.6 Å². The van der Waals surface area contributed by atoms with Crippen LogP contribution in [-0.2, 0) is 17.9 Å². The van der Waals surface area contributed by atoms with Gasteiger partial charge >= 0.3 is 0 Å². The van der Waals surface area contributed by atoms with Gasteiger partial charge in [0, 0.05) is 18.7 Å². The van der Waals surface area contributed by atoms with E-state index in [1.165, 1.54) is 11.4 Å². The zero-order valence-electron chi connectivity index (χ0n) is 10.8. The van der Waals surface area contributed by atoms with E-state index in [4.69, 9.17) is 9.26 Å². The highest BCUT2D eigenvalue weighted by Gasteiger charge is 2.28. The summed E-state index contributed by atoms with van der Waals surface area (Å²) in [6.07, 6.45) is 4.20. The second-order valence-electron chi connectivity index (χ2n) is 4.54. The lowest BCUT2D eigenvalue weighted by Crippen LogP contribution is -2.23. The van der Waals surface area contributed by atoms with Crippen LogP contribution in [0.2, 0.25) is 0 Å². The lowest BCUT2D eigenvalue weighted by atomic mass is 10.2. The number of rotatable bonds is 5. The Morgan fingerprint density at radius 1 is 1.58 bits per heavy atom. The molecule has 0 spiro atoms. The molecule has 3 rings (SSSR count). The summed E-state index contributed by atoms with van der Waals surface area (Å²) in [6.45, 7) is 2.12. The molecule has 0 aliphatic carbocycles. The van der Waals surface area contributed by atoms with Crippen molar-refractivity contribution in [2.45, 2.75) is 32.0 Å². The third kappa shape index (κ3) is 2.83. The Morgan fingerprint density at radius 3 is 3.32 bits per heavy atom. The van der Waals surface area contributed by atoms with E-state index < -0.39 is 0 Å². The summed E-state index contributed by atoms with van der Waals surface area (Å²) in [7, 11) is 1.61. The normalized spacial score (nSPS) is 20.2. The van der Waals surface area contributed by atoms with E-state index in [9.17, 15) is 0 Å². The van der Waals surface area contributed by atoms with Crippen molar-refractivity contribution in [1.29, 1.82) is 0 Å². The van der Waals surface area contributed by atoms with Crippen molar-refractivity contribution in [2.24, 2.45) is 0 Å². The summed E-state index contributed by atoms with van der Waals surface area (Å²) in [5.41, 5.74) is 0. The Bertz CT molecular complexity index is 514. The van der Waals surface area contributed by atoms with Crippen LogP contribution in [0.5, 0.6) is 0 Å². The molecule has 2 aromatic heterocycles. The molecule has 1 saturated heterocycles. The van der Waals surface area contributed by atoms with Crippen LogP contribution < -0.4 is 0 Å². The number of aromatic nitrogens is 3. The van der Waals surface area contributed by atoms with E-state index in [-0.39, 0.29) is 0 Å². The van der Waals surface area contributed by atoms with Gasteiger partial charge in [-0.05, 0) is 19.4 Å². The van der Waals surface area contributed by atoms with Crippen molar-refractivity contribution in [2.75, 3.05) is 13.7 Å². The number of methoxy groups -OCH3 is 1. The van der Waals surface area contributed by atoms with Crippen LogP contribution in [-0.4, -0.2) is 33.7 Å². The zero-order valence-corrected chi connectivity index (χ0v) is 11.6. The average molecular weight is 280 g/mol. The highest BCUT2D eigenvalue weighted by Crippen LogP contribution is 2.33. The van der Waals surface area contributed by atoms with Crippen LogP contribution in [0.4, 0.5) is 0 Å². The summed E-state index contributed by atoms with van der Waals surface area (Å²) in [4.78, 5) is 11.1. The molecule has 1 unspecified atom stereocenters. The van der Waals surface area contributed by atoms with Gasteiger partial charge in [0.1, 0.15) is 11.6 Å². The van der Waals surface area contributed by atoms with E-state index in [0.29, 0.717) is 25.1 Å². The zero-order chi connectivity index (χ0) is 13.1. The lowest BCUT2D eigenvalue weighted by molar-refractivity contribution is 0.151. The molecular weight excluding hydrogens is 264 g/mol. The van der Waals surface area contributed by atoms with Gasteiger partial charge in [0.15, 0.2) is 5.82 Å².